The Labute approximate surface area is 105 Å². The van der Waals surface area contributed by atoms with Crippen molar-refractivity contribution in [2.24, 2.45) is 5.92 Å². The zero-order chi connectivity index (χ0) is 12.6. The van der Waals surface area contributed by atoms with E-state index in [1.807, 2.05) is 6.92 Å². The molecule has 3 heteroatoms. The van der Waals surface area contributed by atoms with Gasteiger partial charge in [0.25, 0.3) is 0 Å². The highest BCUT2D eigenvalue weighted by Crippen LogP contribution is 2.26. The Kier molecular flexibility index (Phi) is 8.81. The van der Waals surface area contributed by atoms with Gasteiger partial charge in [-0.25, -0.2) is 0 Å². The fourth-order valence-corrected chi connectivity index (χ4v) is 2.36. The minimum atomic E-state index is -0.0791. The van der Waals surface area contributed by atoms with Gasteiger partial charge >= 0.3 is 5.97 Å². The highest BCUT2D eigenvalue weighted by atomic mass is 32.2. The maximum absolute atomic E-state index is 11.3. The average molecular weight is 246 g/mol. The molecule has 0 aliphatic heterocycles. The minimum Gasteiger partial charge on any atom is -0.451 e. The Morgan fingerprint density at radius 3 is 2.25 bits per heavy atom. The molecule has 96 valence electrons. The molecule has 0 saturated carbocycles. The summed E-state index contributed by atoms with van der Waals surface area (Å²) >= 11 is 1.79. The van der Waals surface area contributed by atoms with Crippen LogP contribution in [0.4, 0.5) is 0 Å². The van der Waals surface area contributed by atoms with E-state index >= 15 is 0 Å². The number of esters is 1. The van der Waals surface area contributed by atoms with Crippen LogP contribution in [-0.4, -0.2) is 16.7 Å². The summed E-state index contributed by atoms with van der Waals surface area (Å²) in [6, 6.07) is 0. The minimum absolute atomic E-state index is 0.0461. The Morgan fingerprint density at radius 2 is 1.81 bits per heavy atom. The first-order valence-corrected chi connectivity index (χ1v) is 7.28. The average Bonchev–Trinajstić information content (AvgIpc) is 2.25. The molecule has 0 aromatic carbocycles. The van der Waals surface area contributed by atoms with Crippen LogP contribution in [0, 0.1) is 5.92 Å². The van der Waals surface area contributed by atoms with E-state index in [0.717, 1.165) is 19.3 Å². The van der Waals surface area contributed by atoms with Crippen LogP contribution < -0.4 is 0 Å². The summed E-state index contributed by atoms with van der Waals surface area (Å²) in [5, 5.41) is 0.557. The molecule has 2 nitrogen and oxygen atoms in total. The number of hydrogen-bond donors (Lipinski definition) is 0. The predicted molar refractivity (Wildman–Crippen MR) is 71.6 cm³/mol. The lowest BCUT2D eigenvalue weighted by Crippen LogP contribution is -2.17. The van der Waals surface area contributed by atoms with Crippen molar-refractivity contribution in [3.05, 3.63) is 0 Å². The summed E-state index contributed by atoms with van der Waals surface area (Å²) in [5.41, 5.74) is 0.0461. The van der Waals surface area contributed by atoms with Gasteiger partial charge in [0, 0.05) is 11.7 Å². The van der Waals surface area contributed by atoms with Crippen LogP contribution in [0.3, 0.4) is 0 Å². The molecule has 0 radical (unpaired) electrons. The molecule has 0 saturated heterocycles. The molecule has 0 heterocycles. The third kappa shape index (κ3) is 8.03. The maximum atomic E-state index is 11.3. The fourth-order valence-electron chi connectivity index (χ4n) is 1.21. The molecular weight excluding hydrogens is 220 g/mol. The van der Waals surface area contributed by atoms with Crippen LogP contribution >= 0.6 is 11.8 Å². The predicted octanol–water partition coefficient (Wildman–Crippen LogP) is 4.23. The molecule has 0 fully saturated rings. The van der Waals surface area contributed by atoms with Gasteiger partial charge in [0.05, 0.1) is 0 Å². The zero-order valence-electron chi connectivity index (χ0n) is 11.3. The molecule has 0 rings (SSSR count). The summed E-state index contributed by atoms with van der Waals surface area (Å²) in [7, 11) is 0. The number of rotatable bonds is 8. The summed E-state index contributed by atoms with van der Waals surface area (Å²) < 4.78 is 5.45. The molecule has 0 spiro atoms. The highest BCUT2D eigenvalue weighted by Gasteiger charge is 2.17. The van der Waals surface area contributed by atoms with Crippen molar-refractivity contribution in [2.75, 3.05) is 0 Å². The van der Waals surface area contributed by atoms with E-state index in [-0.39, 0.29) is 11.4 Å². The van der Waals surface area contributed by atoms with Gasteiger partial charge in [-0.3, -0.25) is 4.79 Å². The molecular formula is C13H26O2S. The third-order valence-electron chi connectivity index (χ3n) is 2.49. The zero-order valence-corrected chi connectivity index (χ0v) is 12.1. The second kappa shape index (κ2) is 8.91. The normalized spacial score (nSPS) is 14.9. The van der Waals surface area contributed by atoms with E-state index in [4.69, 9.17) is 4.74 Å². The maximum Gasteiger partial charge on any atom is 0.306 e. The van der Waals surface area contributed by atoms with Gasteiger partial charge in [0.2, 0.25) is 0 Å². The van der Waals surface area contributed by atoms with E-state index in [1.54, 1.807) is 11.8 Å². The van der Waals surface area contributed by atoms with E-state index in [0.29, 0.717) is 17.6 Å². The largest absolute Gasteiger partial charge is 0.451 e. The van der Waals surface area contributed by atoms with Crippen molar-refractivity contribution in [1.82, 2.24) is 0 Å². The first-order valence-electron chi connectivity index (χ1n) is 6.34. The van der Waals surface area contributed by atoms with Gasteiger partial charge in [-0.1, -0.05) is 34.6 Å². The lowest BCUT2D eigenvalue weighted by molar-refractivity contribution is -0.145. The van der Waals surface area contributed by atoms with Crippen molar-refractivity contribution >= 4 is 17.7 Å². The molecule has 0 bridgehead atoms. The van der Waals surface area contributed by atoms with Crippen LogP contribution in [-0.2, 0) is 9.53 Å². The molecule has 0 aliphatic rings. The Hall–Kier alpha value is -0.180. The Morgan fingerprint density at radius 1 is 1.19 bits per heavy atom. The molecule has 2 unspecified atom stereocenters. The second-order valence-corrected chi connectivity index (χ2v) is 6.20. The monoisotopic (exact) mass is 246 g/mol. The Balaban J connectivity index is 4.09. The number of carbonyl (C=O) groups is 1. The molecule has 0 N–H and O–H groups in total. The van der Waals surface area contributed by atoms with Crippen molar-refractivity contribution in [3.63, 3.8) is 0 Å². The van der Waals surface area contributed by atoms with Gasteiger partial charge < -0.3 is 4.74 Å². The first-order chi connectivity index (χ1) is 7.49. The molecule has 0 aliphatic carbocycles. The van der Waals surface area contributed by atoms with Crippen LogP contribution in [0.1, 0.15) is 60.3 Å². The van der Waals surface area contributed by atoms with Crippen molar-refractivity contribution in [2.45, 2.75) is 71.0 Å². The van der Waals surface area contributed by atoms with Gasteiger partial charge in [-0.05, 0) is 25.2 Å². The molecule has 0 aromatic heterocycles. The summed E-state index contributed by atoms with van der Waals surface area (Å²) in [6.45, 7) is 10.6. The molecule has 16 heavy (non-hydrogen) atoms. The quantitative estimate of drug-likeness (QED) is 0.473. The van der Waals surface area contributed by atoms with Crippen molar-refractivity contribution in [1.29, 1.82) is 0 Å². The summed E-state index contributed by atoms with van der Waals surface area (Å²) in [4.78, 5) is 11.3. The van der Waals surface area contributed by atoms with Gasteiger partial charge in [0.15, 0.2) is 0 Å². The van der Waals surface area contributed by atoms with Crippen LogP contribution in [0.25, 0.3) is 0 Å². The molecule has 2 atom stereocenters. The fraction of sp³-hybridized carbons (Fsp3) is 0.923. The topological polar surface area (TPSA) is 26.3 Å². The van der Waals surface area contributed by atoms with E-state index < -0.39 is 0 Å². The highest BCUT2D eigenvalue weighted by molar-refractivity contribution is 8.00. The van der Waals surface area contributed by atoms with Gasteiger partial charge in [-0.2, -0.15) is 0 Å². The molecule has 0 aromatic rings. The van der Waals surface area contributed by atoms with E-state index in [1.165, 1.54) is 0 Å². The number of ether oxygens (including phenoxy) is 1. The Bertz CT molecular complexity index is 192. The van der Waals surface area contributed by atoms with Crippen molar-refractivity contribution in [3.8, 4) is 0 Å². The van der Waals surface area contributed by atoms with Crippen molar-refractivity contribution < 1.29 is 9.53 Å². The summed E-state index contributed by atoms with van der Waals surface area (Å²) in [6.07, 6.45) is 3.68. The SMILES string of the molecule is CCC(=O)OC(CCC(C)C)SC(C)CC. The molecule has 0 amide bonds. The lowest BCUT2D eigenvalue weighted by atomic mass is 10.1. The third-order valence-corrected chi connectivity index (χ3v) is 3.92. The summed E-state index contributed by atoms with van der Waals surface area (Å²) in [5.74, 6) is 0.588. The van der Waals surface area contributed by atoms with E-state index in [2.05, 4.69) is 27.7 Å². The van der Waals surface area contributed by atoms with Gasteiger partial charge in [-0.15, -0.1) is 11.8 Å². The number of hydrogen-bond acceptors (Lipinski definition) is 3. The number of thioether (sulfide) groups is 1. The van der Waals surface area contributed by atoms with Crippen LogP contribution in [0.5, 0.6) is 0 Å². The van der Waals surface area contributed by atoms with Gasteiger partial charge in [0.1, 0.15) is 5.44 Å². The van der Waals surface area contributed by atoms with E-state index in [9.17, 15) is 4.79 Å². The lowest BCUT2D eigenvalue weighted by Gasteiger charge is -2.21. The second-order valence-electron chi connectivity index (χ2n) is 4.60. The standard InChI is InChI=1S/C13H26O2S/c1-6-11(5)16-13(9-8-10(3)4)15-12(14)7-2/h10-11,13H,6-9H2,1-5H3. The first kappa shape index (κ1) is 15.8. The van der Waals surface area contributed by atoms with Crippen LogP contribution in [0.2, 0.25) is 0 Å². The van der Waals surface area contributed by atoms with Crippen LogP contribution in [0.15, 0.2) is 0 Å². The smallest absolute Gasteiger partial charge is 0.306 e. The number of carbonyl (C=O) groups excluding carboxylic acids is 1.